The van der Waals surface area contributed by atoms with Gasteiger partial charge in [-0.05, 0) is 23.3 Å². The highest BCUT2D eigenvalue weighted by molar-refractivity contribution is 8.01. The molecule has 1 aromatic rings. The Labute approximate surface area is 123 Å². The Morgan fingerprint density at radius 2 is 2.00 bits per heavy atom. The number of hydrogen-bond acceptors (Lipinski definition) is 4. The molecule has 1 unspecified atom stereocenters. The minimum absolute atomic E-state index is 0.620. The van der Waals surface area contributed by atoms with Crippen LogP contribution >= 0.6 is 23.5 Å². The smallest absolute Gasteiger partial charge is 0.154 e. The maximum atomic E-state index is 9.85. The van der Waals surface area contributed by atoms with Gasteiger partial charge in [0.2, 0.25) is 0 Å². The molecule has 0 saturated carbocycles. The molecule has 0 radical (unpaired) electrons. The third-order valence-corrected chi connectivity index (χ3v) is 4.69. The quantitative estimate of drug-likeness (QED) is 0.850. The van der Waals surface area contributed by atoms with Gasteiger partial charge >= 0.3 is 0 Å². The van der Waals surface area contributed by atoms with E-state index in [0.717, 1.165) is 30.2 Å². The molecule has 0 bridgehead atoms. The molecule has 4 heteroatoms. The van der Waals surface area contributed by atoms with Gasteiger partial charge in [-0.25, -0.2) is 0 Å². The van der Waals surface area contributed by atoms with Crippen LogP contribution in [-0.4, -0.2) is 35.8 Å². The van der Waals surface area contributed by atoms with E-state index in [1.54, 1.807) is 11.8 Å². The second-order valence-electron chi connectivity index (χ2n) is 4.38. The van der Waals surface area contributed by atoms with Crippen molar-refractivity contribution in [2.75, 3.05) is 30.9 Å². The van der Waals surface area contributed by atoms with Crippen LogP contribution in [0.25, 0.3) is 0 Å². The molecular formula is C15H18N2S2. The first-order valence-corrected chi connectivity index (χ1v) is 8.78. The van der Waals surface area contributed by atoms with Gasteiger partial charge in [0.25, 0.3) is 0 Å². The minimum Gasteiger partial charge on any atom is -0.277 e. The number of nitrogens with zero attached hydrogens (tertiary/aromatic N) is 2. The van der Waals surface area contributed by atoms with E-state index < -0.39 is 5.54 Å². The van der Waals surface area contributed by atoms with E-state index >= 15 is 0 Å². The van der Waals surface area contributed by atoms with E-state index in [0.29, 0.717) is 0 Å². The molecule has 0 N–H and O–H groups in total. The molecule has 2 rings (SSSR count). The normalized spacial score (nSPS) is 20.0. The molecule has 1 aliphatic heterocycles. The fourth-order valence-electron chi connectivity index (χ4n) is 2.33. The summed E-state index contributed by atoms with van der Waals surface area (Å²) in [5.41, 5.74) is 0.445. The number of hydrogen-bond donors (Lipinski definition) is 0. The van der Waals surface area contributed by atoms with Gasteiger partial charge in [-0.1, -0.05) is 30.3 Å². The number of nitriles is 1. The zero-order valence-electron chi connectivity index (χ0n) is 11.1. The SMILES string of the molecule is CS/C=C/C(C#N)(c1ccccc1)N1CCSCC1. The Kier molecular flexibility index (Phi) is 5.38. The second-order valence-corrected chi connectivity index (χ2v) is 6.35. The van der Waals surface area contributed by atoms with Crippen molar-refractivity contribution >= 4 is 23.5 Å². The predicted molar refractivity (Wildman–Crippen MR) is 85.3 cm³/mol. The van der Waals surface area contributed by atoms with Crippen LogP contribution in [-0.2, 0) is 5.54 Å². The first kappa shape index (κ1) is 14.5. The topological polar surface area (TPSA) is 27.0 Å². The molecule has 1 aliphatic rings. The van der Waals surface area contributed by atoms with Gasteiger partial charge in [-0.15, -0.1) is 11.8 Å². The first-order valence-electron chi connectivity index (χ1n) is 6.33. The maximum absolute atomic E-state index is 9.85. The Hall–Kier alpha value is -0.890. The lowest BCUT2D eigenvalue weighted by Gasteiger charge is -2.39. The summed E-state index contributed by atoms with van der Waals surface area (Å²) >= 11 is 3.60. The van der Waals surface area contributed by atoms with Crippen molar-refractivity contribution in [2.24, 2.45) is 0 Å². The lowest BCUT2D eigenvalue weighted by Crippen LogP contribution is -2.48. The van der Waals surface area contributed by atoms with E-state index in [-0.39, 0.29) is 0 Å². The van der Waals surface area contributed by atoms with Crippen LogP contribution < -0.4 is 0 Å². The standard InChI is InChI=1S/C15H18N2S2/c1-18-10-7-15(13-16,14-5-3-2-4-6-14)17-8-11-19-12-9-17/h2-7,10H,8-9,11-12H2,1H3/b10-7+. The Balaban J connectivity index is 2.42. The Morgan fingerprint density at radius 1 is 1.32 bits per heavy atom. The molecule has 1 aromatic carbocycles. The summed E-state index contributed by atoms with van der Waals surface area (Å²) in [5.74, 6) is 2.20. The molecule has 1 saturated heterocycles. The van der Waals surface area contributed by atoms with Gasteiger partial charge < -0.3 is 0 Å². The van der Waals surface area contributed by atoms with Crippen molar-refractivity contribution in [3.63, 3.8) is 0 Å². The molecule has 100 valence electrons. The third kappa shape index (κ3) is 3.17. The van der Waals surface area contributed by atoms with E-state index in [9.17, 15) is 5.26 Å². The molecule has 1 atom stereocenters. The second kappa shape index (κ2) is 7.04. The van der Waals surface area contributed by atoms with Gasteiger partial charge in [0.05, 0.1) is 6.07 Å². The van der Waals surface area contributed by atoms with Gasteiger partial charge in [0.15, 0.2) is 5.54 Å². The van der Waals surface area contributed by atoms with Crippen molar-refractivity contribution in [2.45, 2.75) is 5.54 Å². The summed E-state index contributed by atoms with van der Waals surface area (Å²) in [5, 5.41) is 11.9. The van der Waals surface area contributed by atoms with Crippen molar-refractivity contribution in [1.29, 1.82) is 5.26 Å². The predicted octanol–water partition coefficient (Wildman–Crippen LogP) is 3.33. The van der Waals surface area contributed by atoms with Crippen molar-refractivity contribution < 1.29 is 0 Å². The van der Waals surface area contributed by atoms with Crippen molar-refractivity contribution in [1.82, 2.24) is 4.90 Å². The fourth-order valence-corrected chi connectivity index (χ4v) is 3.57. The largest absolute Gasteiger partial charge is 0.277 e. The average molecular weight is 290 g/mol. The van der Waals surface area contributed by atoms with Crippen LogP contribution in [0.5, 0.6) is 0 Å². The first-order chi connectivity index (χ1) is 9.33. The van der Waals surface area contributed by atoms with E-state index in [1.165, 1.54) is 0 Å². The number of rotatable bonds is 4. The van der Waals surface area contributed by atoms with Crippen LogP contribution in [0, 0.1) is 11.3 Å². The fraction of sp³-hybridized carbons (Fsp3) is 0.400. The number of benzene rings is 1. The number of thioether (sulfide) groups is 2. The van der Waals surface area contributed by atoms with Gasteiger partial charge in [-0.3, -0.25) is 4.90 Å². The van der Waals surface area contributed by atoms with Crippen LogP contribution in [0.15, 0.2) is 41.8 Å². The lowest BCUT2D eigenvalue weighted by molar-refractivity contribution is 0.196. The summed E-state index contributed by atoms with van der Waals surface area (Å²) < 4.78 is 0. The molecule has 0 spiro atoms. The zero-order chi connectivity index (χ0) is 13.6. The van der Waals surface area contributed by atoms with Crippen LogP contribution in [0.1, 0.15) is 5.56 Å². The van der Waals surface area contributed by atoms with E-state index in [1.807, 2.05) is 47.7 Å². The molecule has 0 amide bonds. The summed E-state index contributed by atoms with van der Waals surface area (Å²) in [4.78, 5) is 2.30. The molecule has 1 heterocycles. The monoisotopic (exact) mass is 290 g/mol. The summed E-state index contributed by atoms with van der Waals surface area (Å²) in [6, 6.07) is 12.7. The van der Waals surface area contributed by atoms with Gasteiger partial charge in [0, 0.05) is 24.6 Å². The third-order valence-electron chi connectivity index (χ3n) is 3.34. The maximum Gasteiger partial charge on any atom is 0.154 e. The van der Waals surface area contributed by atoms with E-state index in [2.05, 4.69) is 23.1 Å². The molecule has 1 fully saturated rings. The highest BCUT2D eigenvalue weighted by atomic mass is 32.2. The van der Waals surface area contributed by atoms with Gasteiger partial charge in [0.1, 0.15) is 0 Å². The molecule has 19 heavy (non-hydrogen) atoms. The molecular weight excluding hydrogens is 272 g/mol. The zero-order valence-corrected chi connectivity index (χ0v) is 12.7. The molecule has 0 aliphatic carbocycles. The molecule has 2 nitrogen and oxygen atoms in total. The van der Waals surface area contributed by atoms with Crippen molar-refractivity contribution in [3.8, 4) is 6.07 Å². The summed E-state index contributed by atoms with van der Waals surface area (Å²) in [6.45, 7) is 1.93. The van der Waals surface area contributed by atoms with E-state index in [4.69, 9.17) is 0 Å². The van der Waals surface area contributed by atoms with Crippen LogP contribution in [0.4, 0.5) is 0 Å². The van der Waals surface area contributed by atoms with Gasteiger partial charge in [-0.2, -0.15) is 17.0 Å². The van der Waals surface area contributed by atoms with Crippen LogP contribution in [0.3, 0.4) is 0 Å². The highest BCUT2D eigenvalue weighted by Crippen LogP contribution is 2.32. The highest BCUT2D eigenvalue weighted by Gasteiger charge is 2.37. The average Bonchev–Trinajstić information content (AvgIpc) is 2.51. The minimum atomic E-state index is -0.620. The molecule has 0 aromatic heterocycles. The Bertz CT molecular complexity index is 461. The summed E-state index contributed by atoms with van der Waals surface area (Å²) in [6.07, 6.45) is 4.07. The van der Waals surface area contributed by atoms with Crippen LogP contribution in [0.2, 0.25) is 0 Å². The lowest BCUT2D eigenvalue weighted by atomic mass is 9.89. The van der Waals surface area contributed by atoms with Crippen molar-refractivity contribution in [3.05, 3.63) is 47.4 Å². The Morgan fingerprint density at radius 3 is 2.58 bits per heavy atom. The summed E-state index contributed by atoms with van der Waals surface area (Å²) in [7, 11) is 0.